The van der Waals surface area contributed by atoms with Gasteiger partial charge in [0.15, 0.2) is 0 Å². The smallest absolute Gasteiger partial charge is 0.0235 e. The van der Waals surface area contributed by atoms with Crippen molar-refractivity contribution in [2.24, 2.45) is 92.2 Å². The Balaban J connectivity index is 1.28. The zero-order valence-corrected chi connectivity index (χ0v) is 29.4. The molecule has 10 atom stereocenters. The van der Waals surface area contributed by atoms with Crippen molar-refractivity contribution in [3.8, 4) is 0 Å². The molecule has 0 aromatic carbocycles. The highest BCUT2D eigenvalue weighted by Gasteiger charge is 2.68. The zero-order valence-electron chi connectivity index (χ0n) is 29.4. The van der Waals surface area contributed by atoms with E-state index in [1.54, 1.807) is 51.4 Å². The molecule has 0 amide bonds. The van der Waals surface area contributed by atoms with E-state index in [1.165, 1.54) is 51.4 Å². The van der Waals surface area contributed by atoms with Crippen molar-refractivity contribution in [3.05, 3.63) is 12.7 Å². The standard InChI is InChI=1S/C42H70/c1-10-11-13-27-14-15-28(22-27)42(16-12-17-42)37-31-25-35-33(38(2,3)18-20-40(35,6)7)23-29(31)30-24-34-36(26-32(30)37)41(8,9)21-19-39(34,4)5/h10,27-37H,1,11-26H2,2-9H3. The molecule has 10 unspecified atom stereocenters. The molecule has 7 fully saturated rings. The summed E-state index contributed by atoms with van der Waals surface area (Å²) < 4.78 is 0. The van der Waals surface area contributed by atoms with Crippen LogP contribution in [0.25, 0.3) is 0 Å². The van der Waals surface area contributed by atoms with Crippen LogP contribution in [0.2, 0.25) is 0 Å². The average Bonchev–Trinajstić information content (AvgIpc) is 3.50. The summed E-state index contributed by atoms with van der Waals surface area (Å²) in [7, 11) is 0. The van der Waals surface area contributed by atoms with Crippen LogP contribution in [0.1, 0.15) is 158 Å². The Kier molecular flexibility index (Phi) is 7.32. The maximum atomic E-state index is 4.08. The zero-order chi connectivity index (χ0) is 29.9. The van der Waals surface area contributed by atoms with Crippen LogP contribution in [0.15, 0.2) is 12.7 Å². The van der Waals surface area contributed by atoms with Gasteiger partial charge < -0.3 is 0 Å². The Bertz CT molecular complexity index is 961. The molecule has 0 bridgehead atoms. The molecule has 0 radical (unpaired) electrons. The van der Waals surface area contributed by atoms with E-state index < -0.39 is 0 Å². The van der Waals surface area contributed by atoms with Gasteiger partial charge in [0.25, 0.3) is 0 Å². The first-order valence-electron chi connectivity index (χ1n) is 19.3. The number of hydrogen-bond donors (Lipinski definition) is 0. The molecule has 0 heteroatoms. The summed E-state index contributed by atoms with van der Waals surface area (Å²) in [5.74, 6) is 11.1. The Morgan fingerprint density at radius 3 is 1.36 bits per heavy atom. The van der Waals surface area contributed by atoms with Crippen molar-refractivity contribution in [3.63, 3.8) is 0 Å². The van der Waals surface area contributed by atoms with Gasteiger partial charge in [-0.1, -0.05) is 74.3 Å². The van der Waals surface area contributed by atoms with Crippen LogP contribution in [0.5, 0.6) is 0 Å². The van der Waals surface area contributed by atoms with Crippen LogP contribution in [0.3, 0.4) is 0 Å². The predicted octanol–water partition coefficient (Wildman–Crippen LogP) is 12.4. The maximum Gasteiger partial charge on any atom is -0.0235 e. The average molecular weight is 575 g/mol. The van der Waals surface area contributed by atoms with E-state index in [4.69, 9.17) is 0 Å². The number of rotatable bonds is 5. The second-order valence-electron chi connectivity index (χ2n) is 20.8. The molecule has 0 spiro atoms. The fourth-order valence-corrected chi connectivity index (χ4v) is 14.8. The summed E-state index contributed by atoms with van der Waals surface area (Å²) in [5, 5.41) is 0. The Hall–Kier alpha value is -0.260. The molecule has 0 saturated heterocycles. The van der Waals surface area contributed by atoms with E-state index in [0.29, 0.717) is 27.1 Å². The van der Waals surface area contributed by atoms with Crippen molar-refractivity contribution in [1.29, 1.82) is 0 Å². The summed E-state index contributed by atoms with van der Waals surface area (Å²) in [4.78, 5) is 0. The van der Waals surface area contributed by atoms with Gasteiger partial charge in [-0.25, -0.2) is 0 Å². The van der Waals surface area contributed by atoms with Crippen molar-refractivity contribution >= 4 is 0 Å². The van der Waals surface area contributed by atoms with Gasteiger partial charge in [-0.3, -0.25) is 0 Å². The van der Waals surface area contributed by atoms with E-state index in [0.717, 1.165) is 65.1 Å². The highest BCUT2D eigenvalue weighted by atomic mass is 14.7. The van der Waals surface area contributed by atoms with E-state index in [-0.39, 0.29) is 0 Å². The molecule has 0 heterocycles. The minimum absolute atomic E-state index is 0.539. The van der Waals surface area contributed by atoms with Crippen LogP contribution >= 0.6 is 0 Å². The highest BCUT2D eigenvalue weighted by molar-refractivity contribution is 5.16. The molecule has 7 rings (SSSR count). The molecular weight excluding hydrogens is 504 g/mol. The van der Waals surface area contributed by atoms with E-state index in [1.807, 2.05) is 0 Å². The van der Waals surface area contributed by atoms with Gasteiger partial charge in [-0.2, -0.15) is 0 Å². The predicted molar refractivity (Wildman–Crippen MR) is 180 cm³/mol. The normalized spacial score (nSPS) is 49.1. The van der Waals surface area contributed by atoms with Gasteiger partial charge in [-0.15, -0.1) is 6.58 Å². The van der Waals surface area contributed by atoms with Crippen molar-refractivity contribution < 1.29 is 0 Å². The molecule has 0 aromatic rings. The van der Waals surface area contributed by atoms with Crippen molar-refractivity contribution in [1.82, 2.24) is 0 Å². The number of fused-ring (bicyclic) bond motifs is 5. The Morgan fingerprint density at radius 2 is 0.976 bits per heavy atom. The van der Waals surface area contributed by atoms with Gasteiger partial charge in [-0.05, 0) is 182 Å². The Labute approximate surface area is 262 Å². The molecule has 7 aliphatic rings. The third-order valence-electron chi connectivity index (χ3n) is 17.6. The topological polar surface area (TPSA) is 0 Å². The van der Waals surface area contributed by atoms with Gasteiger partial charge in [0, 0.05) is 0 Å². The van der Waals surface area contributed by atoms with Crippen LogP contribution < -0.4 is 0 Å². The van der Waals surface area contributed by atoms with E-state index in [9.17, 15) is 0 Å². The lowest BCUT2D eigenvalue weighted by molar-refractivity contribution is -0.116. The summed E-state index contributed by atoms with van der Waals surface area (Å²) >= 11 is 0. The molecule has 0 aliphatic heterocycles. The molecule has 0 nitrogen and oxygen atoms in total. The second kappa shape index (κ2) is 10.1. The summed E-state index contributed by atoms with van der Waals surface area (Å²) in [5.41, 5.74) is 2.86. The minimum Gasteiger partial charge on any atom is -0.103 e. The first kappa shape index (κ1) is 30.4. The molecule has 238 valence electrons. The minimum atomic E-state index is 0.539. The van der Waals surface area contributed by atoms with Crippen LogP contribution in [0.4, 0.5) is 0 Å². The van der Waals surface area contributed by atoms with E-state index >= 15 is 0 Å². The lowest BCUT2D eigenvalue weighted by Crippen LogP contribution is -2.53. The van der Waals surface area contributed by atoms with E-state index in [2.05, 4.69) is 68.0 Å². The molecular formula is C42H70. The number of hydrogen-bond acceptors (Lipinski definition) is 0. The van der Waals surface area contributed by atoms with Gasteiger partial charge in [0.1, 0.15) is 0 Å². The lowest BCUT2D eigenvalue weighted by Gasteiger charge is -2.61. The summed E-state index contributed by atoms with van der Waals surface area (Å²) in [6.45, 7) is 25.6. The van der Waals surface area contributed by atoms with Gasteiger partial charge >= 0.3 is 0 Å². The van der Waals surface area contributed by atoms with Crippen LogP contribution in [0, 0.1) is 92.2 Å². The third kappa shape index (κ3) is 4.53. The fourth-order valence-electron chi connectivity index (χ4n) is 14.8. The van der Waals surface area contributed by atoms with Crippen LogP contribution in [-0.2, 0) is 0 Å². The molecule has 7 saturated carbocycles. The summed E-state index contributed by atoms with van der Waals surface area (Å²) in [6.07, 6.45) is 26.4. The third-order valence-corrected chi connectivity index (χ3v) is 17.6. The molecule has 0 aromatic heterocycles. The van der Waals surface area contributed by atoms with Gasteiger partial charge in [0.2, 0.25) is 0 Å². The first-order chi connectivity index (χ1) is 19.7. The monoisotopic (exact) mass is 575 g/mol. The van der Waals surface area contributed by atoms with Crippen molar-refractivity contribution in [2.45, 2.75) is 158 Å². The van der Waals surface area contributed by atoms with Crippen molar-refractivity contribution in [2.75, 3.05) is 0 Å². The largest absolute Gasteiger partial charge is 0.103 e. The van der Waals surface area contributed by atoms with Gasteiger partial charge in [0.05, 0.1) is 0 Å². The summed E-state index contributed by atoms with van der Waals surface area (Å²) in [6, 6.07) is 0. The quantitative estimate of drug-likeness (QED) is 0.286. The second-order valence-corrected chi connectivity index (χ2v) is 20.8. The first-order valence-corrected chi connectivity index (χ1v) is 19.3. The maximum absolute atomic E-state index is 4.08. The Morgan fingerprint density at radius 1 is 0.548 bits per heavy atom. The highest BCUT2D eigenvalue weighted by Crippen LogP contribution is 2.75. The number of allylic oxidation sites excluding steroid dienone is 1. The molecule has 0 N–H and O–H groups in total. The lowest BCUT2D eigenvalue weighted by atomic mass is 9.44. The fraction of sp³-hybridized carbons (Fsp3) is 0.952. The molecule has 7 aliphatic carbocycles. The SMILES string of the molecule is C=CCCC1CCC(C2(C3C4CC5C(CC4C4CC6C(CC43)C(C)(C)CCC6(C)C)C(C)(C)CCC5(C)C)CCC2)C1. The molecule has 42 heavy (non-hydrogen) atoms. The van der Waals surface area contributed by atoms with Crippen LogP contribution in [-0.4, -0.2) is 0 Å².